The molecule has 1 saturated heterocycles. The van der Waals surface area contributed by atoms with Crippen LogP contribution in [0.2, 0.25) is 0 Å². The molecule has 0 aliphatic carbocycles. The van der Waals surface area contributed by atoms with Crippen LogP contribution < -0.4 is 4.74 Å². The third-order valence-corrected chi connectivity index (χ3v) is 4.49. The van der Waals surface area contributed by atoms with E-state index in [2.05, 4.69) is 17.1 Å². The molecular weight excluding hydrogens is 300 g/mol. The molecule has 6 heteroatoms. The number of rotatable bonds is 6. The molecule has 0 bridgehead atoms. The van der Waals surface area contributed by atoms with Crippen molar-refractivity contribution in [3.8, 4) is 17.2 Å². The highest BCUT2D eigenvalue weighted by Crippen LogP contribution is 2.31. The monoisotopic (exact) mass is 320 g/mol. The first kappa shape index (κ1) is 15.4. The fourth-order valence-electron chi connectivity index (χ4n) is 2.47. The van der Waals surface area contributed by atoms with E-state index in [0.717, 1.165) is 29.9 Å². The van der Waals surface area contributed by atoms with E-state index in [-0.39, 0.29) is 6.10 Å². The second-order valence-electron chi connectivity index (χ2n) is 5.26. The van der Waals surface area contributed by atoms with Gasteiger partial charge in [0.25, 0.3) is 11.1 Å². The van der Waals surface area contributed by atoms with Crippen LogP contribution in [0.25, 0.3) is 11.5 Å². The third kappa shape index (κ3) is 3.62. The number of benzene rings is 1. The van der Waals surface area contributed by atoms with Crippen molar-refractivity contribution in [1.82, 2.24) is 10.2 Å². The van der Waals surface area contributed by atoms with Gasteiger partial charge in [-0.25, -0.2) is 0 Å². The van der Waals surface area contributed by atoms with Crippen molar-refractivity contribution in [3.63, 3.8) is 0 Å². The number of hydrogen-bond acceptors (Lipinski definition) is 6. The second kappa shape index (κ2) is 7.15. The van der Waals surface area contributed by atoms with Gasteiger partial charge in [-0.15, -0.1) is 10.2 Å². The van der Waals surface area contributed by atoms with Gasteiger partial charge in [0.05, 0.1) is 24.4 Å². The molecule has 0 N–H and O–H groups in total. The normalized spacial score (nSPS) is 21.2. The van der Waals surface area contributed by atoms with Crippen LogP contribution in [-0.4, -0.2) is 34.8 Å². The predicted octanol–water partition coefficient (Wildman–Crippen LogP) is 3.79. The van der Waals surface area contributed by atoms with Gasteiger partial charge >= 0.3 is 0 Å². The highest BCUT2D eigenvalue weighted by atomic mass is 32.2. The van der Waals surface area contributed by atoms with E-state index in [0.29, 0.717) is 23.8 Å². The molecule has 2 heterocycles. The van der Waals surface area contributed by atoms with Crippen molar-refractivity contribution in [3.05, 3.63) is 24.3 Å². The summed E-state index contributed by atoms with van der Waals surface area (Å²) in [5.41, 5.74) is 0.828. The van der Waals surface area contributed by atoms with E-state index in [9.17, 15) is 0 Å². The molecule has 1 aromatic heterocycles. The van der Waals surface area contributed by atoms with Gasteiger partial charge < -0.3 is 13.9 Å². The Balaban J connectivity index is 1.66. The van der Waals surface area contributed by atoms with Crippen LogP contribution in [0.3, 0.4) is 0 Å². The first-order valence-electron chi connectivity index (χ1n) is 7.60. The Bertz CT molecular complexity index is 617. The van der Waals surface area contributed by atoms with Gasteiger partial charge in [-0.2, -0.15) is 0 Å². The molecule has 1 fully saturated rings. The summed E-state index contributed by atoms with van der Waals surface area (Å²) in [7, 11) is 0. The van der Waals surface area contributed by atoms with Crippen molar-refractivity contribution in [2.45, 2.75) is 44.1 Å². The molecule has 1 aromatic carbocycles. The minimum atomic E-state index is 0.283. The van der Waals surface area contributed by atoms with E-state index in [1.165, 1.54) is 0 Å². The molecule has 0 radical (unpaired) electrons. The molecule has 1 aliphatic heterocycles. The Morgan fingerprint density at radius 1 is 1.27 bits per heavy atom. The molecular formula is C16H20N2O3S. The highest BCUT2D eigenvalue weighted by Gasteiger charge is 2.23. The lowest BCUT2D eigenvalue weighted by Crippen LogP contribution is -2.10. The summed E-state index contributed by atoms with van der Waals surface area (Å²) >= 11 is 1.55. The second-order valence-corrected chi connectivity index (χ2v) is 6.23. The minimum Gasteiger partial charge on any atom is -0.493 e. The minimum absolute atomic E-state index is 0.283. The predicted molar refractivity (Wildman–Crippen MR) is 85.2 cm³/mol. The number of thioether (sulfide) groups is 1. The summed E-state index contributed by atoms with van der Waals surface area (Å²) in [6.45, 7) is 4.67. The van der Waals surface area contributed by atoms with Crippen molar-refractivity contribution in [2.75, 3.05) is 12.4 Å². The smallest absolute Gasteiger partial charge is 0.276 e. The molecule has 3 rings (SSSR count). The number of nitrogens with zero attached hydrogens (tertiary/aromatic N) is 2. The molecule has 0 spiro atoms. The Kier molecular flexibility index (Phi) is 5.00. The Morgan fingerprint density at radius 2 is 2.14 bits per heavy atom. The van der Waals surface area contributed by atoms with E-state index < -0.39 is 0 Å². The summed E-state index contributed by atoms with van der Waals surface area (Å²) in [4.78, 5) is 0. The largest absolute Gasteiger partial charge is 0.493 e. The molecule has 5 nitrogen and oxygen atoms in total. The highest BCUT2D eigenvalue weighted by molar-refractivity contribution is 7.99. The van der Waals surface area contributed by atoms with Gasteiger partial charge in [-0.3, -0.25) is 0 Å². The first-order chi connectivity index (χ1) is 10.8. The van der Waals surface area contributed by atoms with Crippen molar-refractivity contribution in [2.24, 2.45) is 0 Å². The van der Waals surface area contributed by atoms with Crippen LogP contribution >= 0.6 is 11.8 Å². The topological polar surface area (TPSA) is 57.4 Å². The SMILES string of the molecule is CCOc1ccccc1-c1nnc(SC[C@H]2CC[C@H](C)O2)o1. The maximum absolute atomic E-state index is 5.79. The van der Waals surface area contributed by atoms with Crippen molar-refractivity contribution >= 4 is 11.8 Å². The van der Waals surface area contributed by atoms with Crippen LogP contribution in [0, 0.1) is 0 Å². The van der Waals surface area contributed by atoms with Gasteiger partial charge in [-0.1, -0.05) is 23.9 Å². The van der Waals surface area contributed by atoms with E-state index >= 15 is 0 Å². The van der Waals surface area contributed by atoms with Crippen LogP contribution in [0.5, 0.6) is 5.75 Å². The van der Waals surface area contributed by atoms with Gasteiger partial charge in [0.2, 0.25) is 0 Å². The van der Waals surface area contributed by atoms with Crippen LogP contribution in [-0.2, 0) is 4.74 Å². The van der Waals surface area contributed by atoms with E-state index in [1.807, 2.05) is 31.2 Å². The van der Waals surface area contributed by atoms with Crippen LogP contribution in [0.15, 0.2) is 33.9 Å². The molecule has 22 heavy (non-hydrogen) atoms. The lowest BCUT2D eigenvalue weighted by atomic mass is 10.2. The molecule has 2 atom stereocenters. The average molecular weight is 320 g/mol. The van der Waals surface area contributed by atoms with Crippen molar-refractivity contribution in [1.29, 1.82) is 0 Å². The quantitative estimate of drug-likeness (QED) is 0.755. The zero-order chi connectivity index (χ0) is 15.4. The third-order valence-electron chi connectivity index (χ3n) is 3.54. The summed E-state index contributed by atoms with van der Waals surface area (Å²) in [6.07, 6.45) is 2.87. The van der Waals surface area contributed by atoms with Crippen molar-refractivity contribution < 1.29 is 13.9 Å². The van der Waals surface area contributed by atoms with Crippen LogP contribution in [0.4, 0.5) is 0 Å². The summed E-state index contributed by atoms with van der Waals surface area (Å²) in [6, 6.07) is 7.69. The molecule has 0 unspecified atom stereocenters. The van der Waals surface area contributed by atoms with E-state index in [1.54, 1.807) is 11.8 Å². The molecule has 118 valence electrons. The standard InChI is InChI=1S/C16H20N2O3S/c1-3-19-14-7-5-4-6-13(14)15-17-18-16(21-15)22-10-12-9-8-11(2)20-12/h4-7,11-12H,3,8-10H2,1-2H3/t11-,12+/m0/s1. The fourth-order valence-corrected chi connectivity index (χ4v) is 3.28. The lowest BCUT2D eigenvalue weighted by Gasteiger charge is -2.08. The summed E-state index contributed by atoms with van der Waals surface area (Å²) in [5, 5.41) is 8.81. The van der Waals surface area contributed by atoms with Gasteiger partial charge in [-0.05, 0) is 38.8 Å². The van der Waals surface area contributed by atoms with E-state index in [4.69, 9.17) is 13.9 Å². The Hall–Kier alpha value is -1.53. The Labute approximate surface area is 134 Å². The zero-order valence-electron chi connectivity index (χ0n) is 12.8. The number of aromatic nitrogens is 2. The summed E-state index contributed by atoms with van der Waals surface area (Å²) < 4.78 is 17.1. The van der Waals surface area contributed by atoms with Crippen LogP contribution in [0.1, 0.15) is 26.7 Å². The summed E-state index contributed by atoms with van der Waals surface area (Å²) in [5.74, 6) is 2.10. The van der Waals surface area contributed by atoms with Gasteiger partial charge in [0, 0.05) is 5.75 Å². The lowest BCUT2D eigenvalue weighted by molar-refractivity contribution is 0.0699. The number of para-hydroxylation sites is 1. The molecule has 0 saturated carbocycles. The first-order valence-corrected chi connectivity index (χ1v) is 8.58. The average Bonchev–Trinajstić information content (AvgIpc) is 3.15. The maximum atomic E-state index is 5.79. The van der Waals surface area contributed by atoms with Gasteiger partial charge in [0.1, 0.15) is 5.75 Å². The Morgan fingerprint density at radius 3 is 2.91 bits per heavy atom. The van der Waals surface area contributed by atoms with Gasteiger partial charge in [0.15, 0.2) is 0 Å². The maximum Gasteiger partial charge on any atom is 0.276 e. The molecule has 1 aliphatic rings. The zero-order valence-corrected chi connectivity index (χ0v) is 13.6. The molecule has 2 aromatic rings. The molecule has 0 amide bonds. The number of hydrogen-bond donors (Lipinski definition) is 0. The number of ether oxygens (including phenoxy) is 2. The fraction of sp³-hybridized carbons (Fsp3) is 0.500.